The molecule has 1 aromatic carbocycles. The van der Waals surface area contributed by atoms with E-state index in [1.165, 1.54) is 0 Å². The zero-order chi connectivity index (χ0) is 14.5. The number of benzene rings is 1. The van der Waals surface area contributed by atoms with Crippen LogP contribution in [0.3, 0.4) is 0 Å². The Morgan fingerprint density at radius 1 is 1.40 bits per heavy atom. The average Bonchev–Trinajstić information content (AvgIpc) is 2.47. The highest BCUT2D eigenvalue weighted by Crippen LogP contribution is 2.17. The van der Waals surface area contributed by atoms with E-state index < -0.39 is 0 Å². The van der Waals surface area contributed by atoms with E-state index in [1.807, 2.05) is 19.2 Å². The summed E-state index contributed by atoms with van der Waals surface area (Å²) in [5.74, 6) is 0.533. The third kappa shape index (κ3) is 3.77. The fourth-order valence-corrected chi connectivity index (χ4v) is 2.55. The maximum absolute atomic E-state index is 12.4. The molecule has 2 N–H and O–H groups in total. The molecular formula is C15H20N2O2S. The van der Waals surface area contributed by atoms with Gasteiger partial charge in [0, 0.05) is 37.9 Å². The van der Waals surface area contributed by atoms with E-state index in [-0.39, 0.29) is 5.91 Å². The topological polar surface area (TPSA) is 55.6 Å². The summed E-state index contributed by atoms with van der Waals surface area (Å²) < 4.78 is 5.34. The standard InChI is InChI=1S/C15H20N2O2S/c1-17(10-11-5-7-19-8-6-11)15(18)13-4-2-3-12(9-13)14(16)20/h2-4,9,11H,5-8,10H2,1H3,(H2,16,20). The predicted octanol–water partition coefficient (Wildman–Crippen LogP) is 1.82. The van der Waals surface area contributed by atoms with Gasteiger partial charge in [0.25, 0.3) is 5.91 Å². The van der Waals surface area contributed by atoms with Gasteiger partial charge in [-0.05, 0) is 30.9 Å². The first kappa shape index (κ1) is 14.9. The Balaban J connectivity index is 2.02. The van der Waals surface area contributed by atoms with Crippen LogP contribution in [0.15, 0.2) is 24.3 Å². The van der Waals surface area contributed by atoms with Crippen LogP contribution in [0.5, 0.6) is 0 Å². The third-order valence-electron chi connectivity index (χ3n) is 3.61. The monoisotopic (exact) mass is 292 g/mol. The number of thiocarbonyl (C=S) groups is 1. The summed E-state index contributed by atoms with van der Waals surface area (Å²) in [7, 11) is 1.84. The second-order valence-electron chi connectivity index (χ2n) is 5.19. The van der Waals surface area contributed by atoms with E-state index in [9.17, 15) is 4.79 Å². The number of hydrogen-bond donors (Lipinski definition) is 1. The number of carbonyl (C=O) groups is 1. The van der Waals surface area contributed by atoms with Gasteiger partial charge >= 0.3 is 0 Å². The first-order valence-electron chi connectivity index (χ1n) is 6.81. The van der Waals surface area contributed by atoms with Crippen LogP contribution in [0.1, 0.15) is 28.8 Å². The molecule has 0 unspecified atom stereocenters. The molecule has 1 saturated heterocycles. The van der Waals surface area contributed by atoms with E-state index in [4.69, 9.17) is 22.7 Å². The molecule has 1 fully saturated rings. The maximum Gasteiger partial charge on any atom is 0.253 e. The molecule has 1 aliphatic heterocycles. The van der Waals surface area contributed by atoms with E-state index in [0.29, 0.717) is 16.5 Å². The van der Waals surface area contributed by atoms with Crippen LogP contribution in [0.4, 0.5) is 0 Å². The van der Waals surface area contributed by atoms with Crippen molar-refractivity contribution in [3.05, 3.63) is 35.4 Å². The largest absolute Gasteiger partial charge is 0.389 e. The van der Waals surface area contributed by atoms with Crippen LogP contribution in [-0.2, 0) is 4.74 Å². The molecule has 0 aliphatic carbocycles. The molecule has 0 atom stereocenters. The minimum atomic E-state index is 0.00888. The molecular weight excluding hydrogens is 272 g/mol. The maximum atomic E-state index is 12.4. The average molecular weight is 292 g/mol. The molecule has 1 heterocycles. The molecule has 0 saturated carbocycles. The number of carbonyl (C=O) groups excluding carboxylic acids is 1. The first-order chi connectivity index (χ1) is 9.58. The lowest BCUT2D eigenvalue weighted by molar-refractivity contribution is 0.0497. The van der Waals surface area contributed by atoms with Crippen LogP contribution in [0, 0.1) is 5.92 Å². The van der Waals surface area contributed by atoms with Crippen LogP contribution in [0.2, 0.25) is 0 Å². The smallest absolute Gasteiger partial charge is 0.253 e. The second kappa shape index (κ2) is 6.81. The Labute approximate surface area is 124 Å². The summed E-state index contributed by atoms with van der Waals surface area (Å²) in [6.07, 6.45) is 2.04. The van der Waals surface area contributed by atoms with Gasteiger partial charge in [-0.15, -0.1) is 0 Å². The number of rotatable bonds is 4. The molecule has 2 rings (SSSR count). The Hall–Kier alpha value is -1.46. The Morgan fingerprint density at radius 3 is 2.70 bits per heavy atom. The van der Waals surface area contributed by atoms with Crippen LogP contribution in [0.25, 0.3) is 0 Å². The minimum Gasteiger partial charge on any atom is -0.389 e. The highest BCUT2D eigenvalue weighted by molar-refractivity contribution is 7.80. The summed E-state index contributed by atoms with van der Waals surface area (Å²) in [4.78, 5) is 14.5. The lowest BCUT2D eigenvalue weighted by Crippen LogP contribution is -2.34. The van der Waals surface area contributed by atoms with Crippen molar-refractivity contribution >= 4 is 23.1 Å². The molecule has 20 heavy (non-hydrogen) atoms. The summed E-state index contributed by atoms with van der Waals surface area (Å²) in [6.45, 7) is 2.35. The van der Waals surface area contributed by atoms with Crippen molar-refractivity contribution in [2.75, 3.05) is 26.8 Å². The zero-order valence-corrected chi connectivity index (χ0v) is 12.5. The quantitative estimate of drug-likeness (QED) is 0.860. The second-order valence-corrected chi connectivity index (χ2v) is 5.63. The van der Waals surface area contributed by atoms with Crippen molar-refractivity contribution in [2.45, 2.75) is 12.8 Å². The number of hydrogen-bond acceptors (Lipinski definition) is 3. The van der Waals surface area contributed by atoms with Gasteiger partial charge in [-0.25, -0.2) is 0 Å². The SMILES string of the molecule is CN(CC1CCOCC1)C(=O)c1cccc(C(N)=S)c1. The molecule has 0 radical (unpaired) electrons. The lowest BCUT2D eigenvalue weighted by atomic mass is 9.99. The van der Waals surface area contributed by atoms with Gasteiger partial charge in [0.15, 0.2) is 0 Å². The van der Waals surface area contributed by atoms with Crippen LogP contribution < -0.4 is 5.73 Å². The van der Waals surface area contributed by atoms with Gasteiger partial charge in [-0.2, -0.15) is 0 Å². The van der Waals surface area contributed by atoms with Gasteiger partial charge in [-0.1, -0.05) is 24.4 Å². The highest BCUT2D eigenvalue weighted by atomic mass is 32.1. The zero-order valence-electron chi connectivity index (χ0n) is 11.7. The molecule has 0 spiro atoms. The van der Waals surface area contributed by atoms with Crippen molar-refractivity contribution in [3.8, 4) is 0 Å². The molecule has 1 aliphatic rings. The number of ether oxygens (including phenoxy) is 1. The van der Waals surface area contributed by atoms with Gasteiger partial charge in [0.2, 0.25) is 0 Å². The van der Waals surface area contributed by atoms with Gasteiger partial charge in [-0.3, -0.25) is 4.79 Å². The van der Waals surface area contributed by atoms with E-state index in [0.717, 1.165) is 38.2 Å². The Kier molecular flexibility index (Phi) is 5.09. The molecule has 108 valence electrons. The van der Waals surface area contributed by atoms with Gasteiger partial charge in [0.05, 0.1) is 0 Å². The van der Waals surface area contributed by atoms with E-state index >= 15 is 0 Å². The van der Waals surface area contributed by atoms with Gasteiger partial charge < -0.3 is 15.4 Å². The predicted molar refractivity (Wildman–Crippen MR) is 82.8 cm³/mol. The molecule has 1 aromatic rings. The van der Waals surface area contributed by atoms with Gasteiger partial charge in [0.1, 0.15) is 4.99 Å². The van der Waals surface area contributed by atoms with Crippen molar-refractivity contribution in [1.82, 2.24) is 4.90 Å². The first-order valence-corrected chi connectivity index (χ1v) is 7.22. The van der Waals surface area contributed by atoms with Crippen molar-refractivity contribution in [2.24, 2.45) is 11.7 Å². The summed E-state index contributed by atoms with van der Waals surface area (Å²) in [6, 6.07) is 7.18. The summed E-state index contributed by atoms with van der Waals surface area (Å²) >= 11 is 4.94. The number of nitrogens with two attached hydrogens (primary N) is 1. The molecule has 5 heteroatoms. The number of amides is 1. The van der Waals surface area contributed by atoms with Crippen molar-refractivity contribution in [3.63, 3.8) is 0 Å². The van der Waals surface area contributed by atoms with E-state index in [2.05, 4.69) is 0 Å². The minimum absolute atomic E-state index is 0.00888. The lowest BCUT2D eigenvalue weighted by Gasteiger charge is -2.27. The Morgan fingerprint density at radius 2 is 2.05 bits per heavy atom. The number of nitrogens with zero attached hydrogens (tertiary/aromatic N) is 1. The van der Waals surface area contributed by atoms with E-state index in [1.54, 1.807) is 17.0 Å². The van der Waals surface area contributed by atoms with Crippen molar-refractivity contribution in [1.29, 1.82) is 0 Å². The highest BCUT2D eigenvalue weighted by Gasteiger charge is 2.19. The van der Waals surface area contributed by atoms with Crippen LogP contribution >= 0.6 is 12.2 Å². The molecule has 4 nitrogen and oxygen atoms in total. The molecule has 0 aromatic heterocycles. The molecule has 0 bridgehead atoms. The summed E-state index contributed by atoms with van der Waals surface area (Å²) in [5, 5.41) is 0. The van der Waals surface area contributed by atoms with Crippen LogP contribution in [-0.4, -0.2) is 42.6 Å². The van der Waals surface area contributed by atoms with Crippen molar-refractivity contribution < 1.29 is 9.53 Å². The Bertz CT molecular complexity index is 498. The fraction of sp³-hybridized carbons (Fsp3) is 0.467. The summed E-state index contributed by atoms with van der Waals surface area (Å²) in [5.41, 5.74) is 6.96. The normalized spacial score (nSPS) is 15.8. The third-order valence-corrected chi connectivity index (χ3v) is 3.85. The fourth-order valence-electron chi connectivity index (χ4n) is 2.43. The molecule has 1 amide bonds.